The molecule has 0 aromatic heterocycles. The third kappa shape index (κ3) is 5.08. The summed E-state index contributed by atoms with van der Waals surface area (Å²) in [6.07, 6.45) is -4.39. The predicted octanol–water partition coefficient (Wildman–Crippen LogP) is 2.92. The molecule has 1 aliphatic rings. The fraction of sp³-hybridized carbons (Fsp3) is 0.350. The fourth-order valence-corrected chi connectivity index (χ4v) is 3.18. The Morgan fingerprint density at radius 3 is 2.19 bits per heavy atom. The van der Waals surface area contributed by atoms with E-state index in [2.05, 4.69) is 10.6 Å². The molecule has 7 heteroatoms. The minimum atomic E-state index is -4.39. The van der Waals surface area contributed by atoms with Gasteiger partial charge in [-0.2, -0.15) is 13.2 Å². The van der Waals surface area contributed by atoms with Crippen molar-refractivity contribution in [2.24, 2.45) is 0 Å². The van der Waals surface area contributed by atoms with Crippen molar-refractivity contribution in [2.75, 3.05) is 32.7 Å². The minimum Gasteiger partial charge on any atom is -0.350 e. The van der Waals surface area contributed by atoms with Gasteiger partial charge in [0.15, 0.2) is 0 Å². The number of carbonyl (C=O) groups is 1. The Morgan fingerprint density at radius 2 is 1.59 bits per heavy atom. The molecule has 0 spiro atoms. The monoisotopic (exact) mass is 377 g/mol. The van der Waals surface area contributed by atoms with Crippen molar-refractivity contribution in [1.29, 1.82) is 0 Å². The second-order valence-corrected chi connectivity index (χ2v) is 6.50. The lowest BCUT2D eigenvalue weighted by molar-refractivity contribution is -0.183. The third-order valence-electron chi connectivity index (χ3n) is 4.68. The van der Waals surface area contributed by atoms with Crippen molar-refractivity contribution < 1.29 is 18.0 Å². The smallest absolute Gasteiger partial charge is 0.350 e. The Bertz CT molecular complexity index is 741. The number of benzene rings is 2. The Balaban J connectivity index is 1.63. The maximum absolute atomic E-state index is 13.4. The summed E-state index contributed by atoms with van der Waals surface area (Å²) in [4.78, 5) is 13.7. The molecule has 27 heavy (non-hydrogen) atoms. The summed E-state index contributed by atoms with van der Waals surface area (Å²) in [5, 5.41) is 5.48. The molecule has 1 fully saturated rings. The summed E-state index contributed by atoms with van der Waals surface area (Å²) >= 11 is 0. The first-order chi connectivity index (χ1) is 12.9. The van der Waals surface area contributed by atoms with Crippen LogP contribution in [-0.2, 0) is 0 Å². The van der Waals surface area contributed by atoms with E-state index in [0.29, 0.717) is 31.7 Å². The van der Waals surface area contributed by atoms with Gasteiger partial charge in [-0.3, -0.25) is 9.69 Å². The summed E-state index contributed by atoms with van der Waals surface area (Å²) < 4.78 is 40.2. The van der Waals surface area contributed by atoms with E-state index in [1.54, 1.807) is 24.3 Å². The SMILES string of the molecule is O=C(NCC(N1CCNCC1)C(F)(F)F)c1ccc(-c2ccccc2)cc1. The van der Waals surface area contributed by atoms with Gasteiger partial charge in [0.25, 0.3) is 5.91 Å². The van der Waals surface area contributed by atoms with Crippen LogP contribution in [0.25, 0.3) is 11.1 Å². The van der Waals surface area contributed by atoms with Crippen LogP contribution in [0.3, 0.4) is 0 Å². The summed E-state index contributed by atoms with van der Waals surface area (Å²) in [5.41, 5.74) is 2.30. The van der Waals surface area contributed by atoms with Crippen molar-refractivity contribution in [2.45, 2.75) is 12.2 Å². The molecule has 144 valence electrons. The zero-order valence-electron chi connectivity index (χ0n) is 14.8. The van der Waals surface area contributed by atoms with Crippen LogP contribution in [0.4, 0.5) is 13.2 Å². The maximum Gasteiger partial charge on any atom is 0.405 e. The molecule has 3 rings (SSSR count). The van der Waals surface area contributed by atoms with Gasteiger partial charge in [-0.05, 0) is 23.3 Å². The molecule has 0 saturated carbocycles. The van der Waals surface area contributed by atoms with E-state index >= 15 is 0 Å². The summed E-state index contributed by atoms with van der Waals surface area (Å²) in [7, 11) is 0. The molecule has 0 radical (unpaired) electrons. The normalized spacial score (nSPS) is 16.7. The van der Waals surface area contributed by atoms with Crippen LogP contribution < -0.4 is 10.6 Å². The number of nitrogens with one attached hydrogen (secondary N) is 2. The quantitative estimate of drug-likeness (QED) is 0.842. The number of rotatable bonds is 5. The zero-order valence-corrected chi connectivity index (χ0v) is 14.8. The van der Waals surface area contributed by atoms with Crippen LogP contribution in [0.1, 0.15) is 10.4 Å². The highest BCUT2D eigenvalue weighted by atomic mass is 19.4. The lowest BCUT2D eigenvalue weighted by Crippen LogP contribution is -2.57. The van der Waals surface area contributed by atoms with Gasteiger partial charge in [0, 0.05) is 38.3 Å². The molecule has 0 bridgehead atoms. The first kappa shape index (κ1) is 19.4. The van der Waals surface area contributed by atoms with Crippen molar-refractivity contribution in [3.05, 3.63) is 60.2 Å². The predicted molar refractivity (Wildman–Crippen MR) is 98.5 cm³/mol. The lowest BCUT2D eigenvalue weighted by Gasteiger charge is -2.35. The molecule has 1 heterocycles. The van der Waals surface area contributed by atoms with E-state index in [-0.39, 0.29) is 0 Å². The van der Waals surface area contributed by atoms with Crippen molar-refractivity contribution >= 4 is 5.91 Å². The van der Waals surface area contributed by atoms with Gasteiger partial charge in [-0.15, -0.1) is 0 Å². The second-order valence-electron chi connectivity index (χ2n) is 6.50. The van der Waals surface area contributed by atoms with E-state index in [1.807, 2.05) is 30.3 Å². The lowest BCUT2D eigenvalue weighted by atomic mass is 10.0. The number of amides is 1. The van der Waals surface area contributed by atoms with Crippen LogP contribution in [0, 0.1) is 0 Å². The van der Waals surface area contributed by atoms with Gasteiger partial charge in [0.05, 0.1) is 0 Å². The molecule has 1 aliphatic heterocycles. The van der Waals surface area contributed by atoms with E-state index in [4.69, 9.17) is 0 Å². The molecule has 1 atom stereocenters. The first-order valence-electron chi connectivity index (χ1n) is 8.90. The molecule has 1 saturated heterocycles. The summed E-state index contributed by atoms with van der Waals surface area (Å²) in [6, 6.07) is 14.8. The molecular formula is C20H22F3N3O. The second kappa shape index (κ2) is 8.54. The van der Waals surface area contributed by atoms with Crippen LogP contribution in [-0.4, -0.2) is 55.7 Å². The first-order valence-corrected chi connectivity index (χ1v) is 8.90. The number of carbonyl (C=O) groups excluding carboxylic acids is 1. The molecule has 2 aromatic carbocycles. The Kier molecular flexibility index (Phi) is 6.13. The molecule has 4 nitrogen and oxygen atoms in total. The molecule has 1 unspecified atom stereocenters. The van der Waals surface area contributed by atoms with Crippen LogP contribution in [0.2, 0.25) is 0 Å². The van der Waals surface area contributed by atoms with E-state index in [1.165, 1.54) is 4.90 Å². The molecular weight excluding hydrogens is 355 g/mol. The maximum atomic E-state index is 13.4. The van der Waals surface area contributed by atoms with Gasteiger partial charge in [-0.25, -0.2) is 0 Å². The van der Waals surface area contributed by atoms with Crippen LogP contribution in [0.15, 0.2) is 54.6 Å². The van der Waals surface area contributed by atoms with Crippen LogP contribution >= 0.6 is 0 Å². The molecule has 2 N–H and O–H groups in total. The average Bonchev–Trinajstić information content (AvgIpc) is 2.68. The van der Waals surface area contributed by atoms with Crippen molar-refractivity contribution in [1.82, 2.24) is 15.5 Å². The van der Waals surface area contributed by atoms with E-state index in [0.717, 1.165) is 11.1 Å². The average molecular weight is 377 g/mol. The number of alkyl halides is 3. The van der Waals surface area contributed by atoms with E-state index in [9.17, 15) is 18.0 Å². The summed E-state index contributed by atoms with van der Waals surface area (Å²) in [5.74, 6) is -0.501. The van der Waals surface area contributed by atoms with Crippen LogP contribution in [0.5, 0.6) is 0 Å². The minimum absolute atomic E-state index is 0.311. The zero-order chi connectivity index (χ0) is 19.3. The molecule has 2 aromatic rings. The van der Waals surface area contributed by atoms with Gasteiger partial charge < -0.3 is 10.6 Å². The van der Waals surface area contributed by atoms with Crippen molar-refractivity contribution in [3.8, 4) is 11.1 Å². The fourth-order valence-electron chi connectivity index (χ4n) is 3.18. The van der Waals surface area contributed by atoms with Crippen molar-refractivity contribution in [3.63, 3.8) is 0 Å². The number of piperazine rings is 1. The summed E-state index contributed by atoms with van der Waals surface area (Å²) in [6.45, 7) is 1.20. The Hall–Kier alpha value is -2.38. The van der Waals surface area contributed by atoms with Gasteiger partial charge in [0.1, 0.15) is 6.04 Å². The number of nitrogens with zero attached hydrogens (tertiary/aromatic N) is 1. The highest BCUT2D eigenvalue weighted by molar-refractivity contribution is 5.94. The number of hydrogen-bond donors (Lipinski definition) is 2. The van der Waals surface area contributed by atoms with Gasteiger partial charge >= 0.3 is 6.18 Å². The van der Waals surface area contributed by atoms with Gasteiger partial charge in [0.2, 0.25) is 0 Å². The largest absolute Gasteiger partial charge is 0.405 e. The molecule has 1 amide bonds. The number of hydrogen-bond acceptors (Lipinski definition) is 3. The standard InChI is InChI=1S/C20H22F3N3O/c21-20(22,23)18(26-12-10-24-11-13-26)14-25-19(27)17-8-6-16(7-9-17)15-4-2-1-3-5-15/h1-9,18,24H,10-14H2,(H,25,27). The highest BCUT2D eigenvalue weighted by Crippen LogP contribution is 2.25. The highest BCUT2D eigenvalue weighted by Gasteiger charge is 2.43. The van der Waals surface area contributed by atoms with E-state index < -0.39 is 24.7 Å². The molecule has 0 aliphatic carbocycles. The Morgan fingerprint density at radius 1 is 1.00 bits per heavy atom. The van der Waals surface area contributed by atoms with Gasteiger partial charge in [-0.1, -0.05) is 42.5 Å². The third-order valence-corrected chi connectivity index (χ3v) is 4.68. The topological polar surface area (TPSA) is 44.4 Å². The number of halogens is 3. The Labute approximate surface area is 156 Å².